The van der Waals surface area contributed by atoms with E-state index in [0.29, 0.717) is 12.6 Å². The van der Waals surface area contributed by atoms with E-state index in [2.05, 4.69) is 42.9 Å². The Bertz CT molecular complexity index is 974. The Morgan fingerprint density at radius 3 is 2.63 bits per heavy atom. The molecule has 1 fully saturated rings. The summed E-state index contributed by atoms with van der Waals surface area (Å²) >= 11 is 6.35. The van der Waals surface area contributed by atoms with Gasteiger partial charge >= 0.3 is 0 Å². The molecule has 27 heavy (non-hydrogen) atoms. The molecule has 0 amide bonds. The summed E-state index contributed by atoms with van der Waals surface area (Å²) in [6.45, 7) is 10.2. The van der Waals surface area contributed by atoms with E-state index in [0.717, 1.165) is 39.9 Å². The first-order valence-electron chi connectivity index (χ1n) is 9.46. The van der Waals surface area contributed by atoms with Crippen molar-refractivity contribution in [2.75, 3.05) is 11.4 Å². The SMILES string of the molecule is C[C@@H]1CCCN1c1nc(C(C)(C)C)nc2c1nnn2Cc1ccccc1Cl. The summed E-state index contributed by atoms with van der Waals surface area (Å²) in [5.74, 6) is 1.71. The summed E-state index contributed by atoms with van der Waals surface area (Å²) in [5.41, 5.74) is 2.37. The maximum absolute atomic E-state index is 6.35. The van der Waals surface area contributed by atoms with Gasteiger partial charge in [-0.1, -0.05) is 55.8 Å². The van der Waals surface area contributed by atoms with Crippen molar-refractivity contribution in [3.05, 3.63) is 40.7 Å². The van der Waals surface area contributed by atoms with Crippen LogP contribution in [-0.2, 0) is 12.0 Å². The van der Waals surface area contributed by atoms with Crippen LogP contribution in [0.4, 0.5) is 5.82 Å². The van der Waals surface area contributed by atoms with E-state index in [4.69, 9.17) is 21.6 Å². The minimum Gasteiger partial charge on any atom is -0.352 e. The maximum atomic E-state index is 6.35. The molecule has 6 nitrogen and oxygen atoms in total. The molecular formula is C20H25ClN6. The number of hydrogen-bond donors (Lipinski definition) is 0. The number of rotatable bonds is 3. The van der Waals surface area contributed by atoms with E-state index >= 15 is 0 Å². The van der Waals surface area contributed by atoms with Crippen LogP contribution in [0.3, 0.4) is 0 Å². The smallest absolute Gasteiger partial charge is 0.184 e. The van der Waals surface area contributed by atoms with E-state index in [-0.39, 0.29) is 5.41 Å². The minimum absolute atomic E-state index is 0.161. The Morgan fingerprint density at radius 1 is 1.19 bits per heavy atom. The van der Waals surface area contributed by atoms with Crippen molar-refractivity contribution in [2.24, 2.45) is 0 Å². The average molecular weight is 385 g/mol. The fourth-order valence-corrected chi connectivity index (χ4v) is 3.72. The molecule has 1 aromatic carbocycles. The zero-order chi connectivity index (χ0) is 19.2. The molecule has 2 aromatic heterocycles. The fourth-order valence-electron chi connectivity index (χ4n) is 3.52. The summed E-state index contributed by atoms with van der Waals surface area (Å²) in [4.78, 5) is 12.1. The van der Waals surface area contributed by atoms with Gasteiger partial charge in [0.05, 0.1) is 6.54 Å². The molecule has 0 N–H and O–H groups in total. The van der Waals surface area contributed by atoms with Gasteiger partial charge in [0.15, 0.2) is 17.0 Å². The second-order valence-corrected chi connectivity index (χ2v) is 8.72. The molecule has 3 heterocycles. The van der Waals surface area contributed by atoms with Crippen molar-refractivity contribution in [1.29, 1.82) is 0 Å². The van der Waals surface area contributed by atoms with Crippen molar-refractivity contribution >= 4 is 28.6 Å². The molecule has 1 atom stereocenters. The third-order valence-electron chi connectivity index (χ3n) is 5.12. The Kier molecular flexibility index (Phi) is 4.54. The van der Waals surface area contributed by atoms with Crippen LogP contribution in [0, 0.1) is 0 Å². The molecule has 1 saturated heterocycles. The molecule has 142 valence electrons. The Hall–Kier alpha value is -2.21. The highest BCUT2D eigenvalue weighted by molar-refractivity contribution is 6.31. The normalized spacial score (nSPS) is 17.8. The molecule has 0 saturated carbocycles. The molecule has 1 aliphatic rings. The maximum Gasteiger partial charge on any atom is 0.184 e. The van der Waals surface area contributed by atoms with Gasteiger partial charge in [0.2, 0.25) is 0 Å². The van der Waals surface area contributed by atoms with Crippen molar-refractivity contribution in [1.82, 2.24) is 25.0 Å². The molecule has 4 rings (SSSR count). The van der Waals surface area contributed by atoms with Gasteiger partial charge in [0.1, 0.15) is 5.82 Å². The van der Waals surface area contributed by atoms with Crippen LogP contribution in [0.15, 0.2) is 24.3 Å². The predicted octanol–water partition coefficient (Wildman–Crippen LogP) is 4.21. The third-order valence-corrected chi connectivity index (χ3v) is 5.49. The van der Waals surface area contributed by atoms with E-state index < -0.39 is 0 Å². The topological polar surface area (TPSA) is 59.7 Å². The van der Waals surface area contributed by atoms with Crippen molar-refractivity contribution in [3.63, 3.8) is 0 Å². The Balaban J connectivity index is 1.86. The van der Waals surface area contributed by atoms with Crippen LogP contribution in [0.5, 0.6) is 0 Å². The first kappa shape index (κ1) is 18.2. The minimum atomic E-state index is -0.161. The predicted molar refractivity (Wildman–Crippen MR) is 108 cm³/mol. The van der Waals surface area contributed by atoms with Crippen molar-refractivity contribution in [3.8, 4) is 0 Å². The molecule has 7 heteroatoms. The van der Waals surface area contributed by atoms with Gasteiger partial charge in [-0.2, -0.15) is 0 Å². The summed E-state index contributed by atoms with van der Waals surface area (Å²) in [6, 6.07) is 8.25. The molecule has 0 spiro atoms. The van der Waals surface area contributed by atoms with Gasteiger partial charge < -0.3 is 4.90 Å². The summed E-state index contributed by atoms with van der Waals surface area (Å²) in [7, 11) is 0. The molecule has 0 bridgehead atoms. The number of aromatic nitrogens is 5. The quantitative estimate of drug-likeness (QED) is 0.677. The van der Waals surface area contributed by atoms with Crippen LogP contribution in [0.25, 0.3) is 11.2 Å². The highest BCUT2D eigenvalue weighted by Crippen LogP contribution is 2.31. The fraction of sp³-hybridized carbons (Fsp3) is 0.500. The lowest BCUT2D eigenvalue weighted by molar-refractivity contribution is 0.544. The highest BCUT2D eigenvalue weighted by Gasteiger charge is 2.29. The Labute approximate surface area is 164 Å². The average Bonchev–Trinajstić information content (AvgIpc) is 3.22. The molecule has 1 aliphatic heterocycles. The second kappa shape index (κ2) is 6.75. The first-order chi connectivity index (χ1) is 12.8. The standard InChI is InChI=1S/C20H25ClN6/c1-13-8-7-11-26(13)17-16-18(23-19(22-17)20(2,3)4)27(25-24-16)12-14-9-5-6-10-15(14)21/h5-6,9-10,13H,7-8,11-12H2,1-4H3/t13-/m1/s1. The zero-order valence-corrected chi connectivity index (χ0v) is 17.0. The lowest BCUT2D eigenvalue weighted by atomic mass is 9.95. The van der Waals surface area contributed by atoms with Gasteiger partial charge in [-0.15, -0.1) is 5.10 Å². The highest BCUT2D eigenvalue weighted by atomic mass is 35.5. The lowest BCUT2D eigenvalue weighted by Gasteiger charge is -2.25. The van der Waals surface area contributed by atoms with Crippen LogP contribution in [0.2, 0.25) is 5.02 Å². The van der Waals surface area contributed by atoms with Crippen LogP contribution >= 0.6 is 11.6 Å². The first-order valence-corrected chi connectivity index (χ1v) is 9.84. The van der Waals surface area contributed by atoms with Gasteiger partial charge in [-0.3, -0.25) is 0 Å². The van der Waals surface area contributed by atoms with Crippen molar-refractivity contribution in [2.45, 2.75) is 58.5 Å². The summed E-state index contributed by atoms with van der Waals surface area (Å²) in [6.07, 6.45) is 2.34. The third kappa shape index (κ3) is 3.38. The van der Waals surface area contributed by atoms with Gasteiger partial charge in [-0.25, -0.2) is 14.6 Å². The van der Waals surface area contributed by atoms with Gasteiger partial charge in [-0.05, 0) is 31.4 Å². The number of hydrogen-bond acceptors (Lipinski definition) is 5. The van der Waals surface area contributed by atoms with E-state index in [1.807, 2.05) is 28.9 Å². The van der Waals surface area contributed by atoms with Gasteiger partial charge in [0.25, 0.3) is 0 Å². The van der Waals surface area contributed by atoms with Gasteiger partial charge in [0, 0.05) is 23.0 Å². The van der Waals surface area contributed by atoms with Crippen LogP contribution < -0.4 is 4.90 Å². The monoisotopic (exact) mass is 384 g/mol. The molecule has 0 aliphatic carbocycles. The van der Waals surface area contributed by atoms with E-state index in [1.54, 1.807) is 0 Å². The molecule has 0 unspecified atom stereocenters. The Morgan fingerprint density at radius 2 is 1.96 bits per heavy atom. The summed E-state index contributed by atoms with van der Waals surface area (Å²) in [5, 5.41) is 9.56. The molecule has 3 aromatic rings. The zero-order valence-electron chi connectivity index (χ0n) is 16.3. The second-order valence-electron chi connectivity index (χ2n) is 8.32. The largest absolute Gasteiger partial charge is 0.352 e. The molecule has 0 radical (unpaired) electrons. The van der Waals surface area contributed by atoms with E-state index in [1.165, 1.54) is 12.8 Å². The number of anilines is 1. The van der Waals surface area contributed by atoms with Crippen molar-refractivity contribution < 1.29 is 0 Å². The number of benzene rings is 1. The number of halogens is 1. The lowest BCUT2D eigenvalue weighted by Crippen LogP contribution is -2.29. The van der Waals surface area contributed by atoms with E-state index in [9.17, 15) is 0 Å². The molecular weight excluding hydrogens is 360 g/mol. The van der Waals surface area contributed by atoms with Crippen LogP contribution in [0.1, 0.15) is 51.9 Å². The number of nitrogens with zero attached hydrogens (tertiary/aromatic N) is 6. The van der Waals surface area contributed by atoms with Crippen LogP contribution in [-0.4, -0.2) is 37.5 Å². The summed E-state index contributed by atoms with van der Waals surface area (Å²) < 4.78 is 1.83. The number of fused-ring (bicyclic) bond motifs is 1.